The van der Waals surface area contributed by atoms with Gasteiger partial charge in [-0.3, -0.25) is 4.79 Å². The molecule has 0 aliphatic heterocycles. The first-order valence-corrected chi connectivity index (χ1v) is 8.63. The second-order valence-electron chi connectivity index (χ2n) is 5.62. The fourth-order valence-electron chi connectivity index (χ4n) is 2.35. The minimum atomic E-state index is -1.12. The molecule has 1 aromatic heterocycles. The Morgan fingerprint density at radius 3 is 2.78 bits per heavy atom. The average Bonchev–Trinajstić information content (AvgIpc) is 2.63. The molecule has 0 bridgehead atoms. The van der Waals surface area contributed by atoms with Crippen LogP contribution in [0.4, 0.5) is 0 Å². The van der Waals surface area contributed by atoms with E-state index in [1.807, 2.05) is 0 Å². The Morgan fingerprint density at radius 1 is 1.30 bits per heavy atom. The summed E-state index contributed by atoms with van der Waals surface area (Å²) in [7, 11) is 0. The number of rotatable bonds is 5. The minimum Gasteiger partial charge on any atom is -0.479 e. The number of aromatic amines is 1. The molecule has 0 saturated heterocycles. The number of para-hydroxylation sites is 1. The first-order valence-electron chi connectivity index (χ1n) is 7.84. The predicted molar refractivity (Wildman–Crippen MR) is 104 cm³/mol. The van der Waals surface area contributed by atoms with E-state index in [0.717, 1.165) is 0 Å². The van der Waals surface area contributed by atoms with Gasteiger partial charge in [0, 0.05) is 10.0 Å². The number of carboxylic acid groups (broad SMARTS) is 1. The Bertz CT molecular complexity index is 1170. The quantitative estimate of drug-likeness (QED) is 0.600. The van der Waals surface area contributed by atoms with Gasteiger partial charge >= 0.3 is 11.7 Å². The second kappa shape index (κ2) is 7.58. The number of hydrogen-bond acceptors (Lipinski definition) is 5. The molecule has 0 fully saturated rings. The van der Waals surface area contributed by atoms with Crippen molar-refractivity contribution in [1.29, 1.82) is 0 Å². The molecular weight excluding hydrogens is 418 g/mol. The smallest absolute Gasteiger partial charge is 0.349 e. The molecule has 0 unspecified atom stereocenters. The van der Waals surface area contributed by atoms with Crippen LogP contribution in [0, 0.1) is 0 Å². The zero-order valence-corrected chi connectivity index (χ0v) is 15.6. The van der Waals surface area contributed by atoms with Crippen molar-refractivity contribution in [3.63, 3.8) is 0 Å². The maximum Gasteiger partial charge on any atom is 0.349 e. The average molecular weight is 432 g/mol. The summed E-state index contributed by atoms with van der Waals surface area (Å²) in [4.78, 5) is 38.3. The van der Waals surface area contributed by atoms with Gasteiger partial charge < -0.3 is 14.8 Å². The van der Waals surface area contributed by atoms with Gasteiger partial charge in [-0.05, 0) is 37.3 Å². The van der Waals surface area contributed by atoms with Gasteiger partial charge in [-0.15, -0.1) is 4.68 Å². The monoisotopic (exact) mass is 431 g/mol. The van der Waals surface area contributed by atoms with Gasteiger partial charge in [0.25, 0.3) is 5.56 Å². The van der Waals surface area contributed by atoms with Gasteiger partial charge in [0.2, 0.25) is 0 Å². The lowest BCUT2D eigenvalue weighted by atomic mass is 10.2. The zero-order chi connectivity index (χ0) is 19.6. The number of carboxylic acids is 1. The summed E-state index contributed by atoms with van der Waals surface area (Å²) in [5.41, 5.74) is -0.439. The summed E-state index contributed by atoms with van der Waals surface area (Å²) < 4.78 is 6.79. The summed E-state index contributed by atoms with van der Waals surface area (Å²) in [6.07, 6.45) is 0.185. The van der Waals surface area contributed by atoms with Crippen LogP contribution in [0.2, 0.25) is 0 Å². The Kier molecular flexibility index (Phi) is 5.22. The van der Waals surface area contributed by atoms with E-state index in [2.05, 4.69) is 26.0 Å². The molecule has 3 aromatic rings. The lowest BCUT2D eigenvalue weighted by molar-refractivity contribution is -0.144. The first-order chi connectivity index (χ1) is 12.9. The molecule has 27 heavy (non-hydrogen) atoms. The van der Waals surface area contributed by atoms with Gasteiger partial charge in [0.05, 0.1) is 17.1 Å². The number of halogens is 1. The van der Waals surface area contributed by atoms with E-state index in [4.69, 9.17) is 9.84 Å². The molecule has 3 rings (SSSR count). The van der Waals surface area contributed by atoms with Crippen molar-refractivity contribution in [2.24, 2.45) is 5.10 Å². The van der Waals surface area contributed by atoms with Crippen molar-refractivity contribution in [2.75, 3.05) is 0 Å². The third-order valence-corrected chi connectivity index (χ3v) is 4.21. The summed E-state index contributed by atoms with van der Waals surface area (Å²) in [5.74, 6) is -0.870. The molecule has 8 nitrogen and oxygen atoms in total. The van der Waals surface area contributed by atoms with E-state index < -0.39 is 23.3 Å². The van der Waals surface area contributed by atoms with Crippen LogP contribution in [0.5, 0.6) is 5.75 Å². The van der Waals surface area contributed by atoms with Crippen LogP contribution in [0.1, 0.15) is 12.5 Å². The molecule has 1 atom stereocenters. The fourth-order valence-corrected chi connectivity index (χ4v) is 2.73. The molecule has 2 N–H and O–H groups in total. The normalized spacial score (nSPS) is 12.4. The lowest BCUT2D eigenvalue weighted by Gasteiger charge is -2.12. The van der Waals surface area contributed by atoms with E-state index in [9.17, 15) is 14.4 Å². The Labute approximate surface area is 160 Å². The Morgan fingerprint density at radius 2 is 2.04 bits per heavy atom. The number of benzene rings is 2. The molecule has 0 spiro atoms. The van der Waals surface area contributed by atoms with Crippen molar-refractivity contribution < 1.29 is 14.6 Å². The highest BCUT2D eigenvalue weighted by Gasteiger charge is 2.15. The Hall–Kier alpha value is -3.20. The number of aliphatic carboxylic acids is 1. The number of carbonyl (C=O) groups is 1. The van der Waals surface area contributed by atoms with E-state index >= 15 is 0 Å². The largest absolute Gasteiger partial charge is 0.479 e. The molecule has 9 heteroatoms. The fraction of sp³-hybridized carbons (Fsp3) is 0.111. The third-order valence-electron chi connectivity index (χ3n) is 3.72. The van der Waals surface area contributed by atoms with E-state index in [1.54, 1.807) is 42.5 Å². The molecule has 0 aliphatic carbocycles. The summed E-state index contributed by atoms with van der Waals surface area (Å²) >= 11 is 3.31. The number of aromatic nitrogens is 2. The number of H-pyrrole nitrogens is 1. The Balaban J connectivity index is 2.05. The minimum absolute atomic E-state index is 0.252. The molecular formula is C18H14BrN3O5. The van der Waals surface area contributed by atoms with Crippen LogP contribution in [0.3, 0.4) is 0 Å². The summed E-state index contributed by atoms with van der Waals surface area (Å²) in [5, 5.41) is 13.3. The molecule has 1 heterocycles. The highest BCUT2D eigenvalue weighted by atomic mass is 79.9. The van der Waals surface area contributed by atoms with Gasteiger partial charge in [0.1, 0.15) is 5.75 Å². The van der Waals surface area contributed by atoms with E-state index in [0.29, 0.717) is 25.6 Å². The molecule has 0 aliphatic rings. The summed E-state index contributed by atoms with van der Waals surface area (Å²) in [6, 6.07) is 11.5. The van der Waals surface area contributed by atoms with Crippen LogP contribution < -0.4 is 16.0 Å². The van der Waals surface area contributed by atoms with Gasteiger partial charge in [0.15, 0.2) is 6.10 Å². The molecule has 0 radical (unpaired) electrons. The van der Waals surface area contributed by atoms with Crippen molar-refractivity contribution in [3.05, 3.63) is 73.3 Å². The molecule has 138 valence electrons. The first kappa shape index (κ1) is 18.6. The standard InChI is InChI=1S/C18H14BrN3O5/c1-10(17(24)25)27-15-7-6-12(19)8-11(15)9-20-22-16(23)13-4-2-3-5-14(13)21-18(22)26/h2-10H,1H3,(H,21,26)(H,24,25)/t10-/m0/s1. The van der Waals surface area contributed by atoms with Crippen LogP contribution in [-0.2, 0) is 4.79 Å². The van der Waals surface area contributed by atoms with Gasteiger partial charge in [-0.2, -0.15) is 5.10 Å². The van der Waals surface area contributed by atoms with Crippen LogP contribution in [0.25, 0.3) is 10.9 Å². The maximum atomic E-state index is 12.5. The highest BCUT2D eigenvalue weighted by Crippen LogP contribution is 2.23. The van der Waals surface area contributed by atoms with E-state index in [-0.39, 0.29) is 5.75 Å². The maximum absolute atomic E-state index is 12.5. The van der Waals surface area contributed by atoms with Gasteiger partial charge in [-0.1, -0.05) is 28.1 Å². The molecule has 0 amide bonds. The zero-order valence-electron chi connectivity index (χ0n) is 14.0. The van der Waals surface area contributed by atoms with Crippen molar-refractivity contribution in [3.8, 4) is 5.75 Å². The number of ether oxygens (including phenoxy) is 1. The SMILES string of the molecule is C[C@H](Oc1ccc(Br)cc1C=Nn1c(=O)[nH]c2ccccc2c1=O)C(=O)O. The van der Waals surface area contributed by atoms with Crippen LogP contribution >= 0.6 is 15.9 Å². The number of hydrogen-bond donors (Lipinski definition) is 2. The topological polar surface area (TPSA) is 114 Å². The number of nitrogens with one attached hydrogen (secondary N) is 1. The van der Waals surface area contributed by atoms with Gasteiger partial charge in [-0.25, -0.2) is 9.59 Å². The predicted octanol–water partition coefficient (Wildman–Crippen LogP) is 2.19. The van der Waals surface area contributed by atoms with Crippen LogP contribution in [0.15, 0.2) is 61.6 Å². The third kappa shape index (κ3) is 3.98. The van der Waals surface area contributed by atoms with Crippen molar-refractivity contribution >= 4 is 39.0 Å². The molecule has 2 aromatic carbocycles. The van der Waals surface area contributed by atoms with Crippen LogP contribution in [-0.4, -0.2) is 33.1 Å². The summed E-state index contributed by atoms with van der Waals surface area (Å²) in [6.45, 7) is 1.39. The lowest BCUT2D eigenvalue weighted by Crippen LogP contribution is -2.32. The second-order valence-corrected chi connectivity index (χ2v) is 6.53. The van der Waals surface area contributed by atoms with Crippen molar-refractivity contribution in [2.45, 2.75) is 13.0 Å². The molecule has 0 saturated carbocycles. The van der Waals surface area contributed by atoms with Crippen molar-refractivity contribution in [1.82, 2.24) is 9.66 Å². The number of fused-ring (bicyclic) bond motifs is 1. The highest BCUT2D eigenvalue weighted by molar-refractivity contribution is 9.10. The number of nitrogens with zero attached hydrogens (tertiary/aromatic N) is 2. The van der Waals surface area contributed by atoms with E-state index in [1.165, 1.54) is 13.1 Å².